The highest BCUT2D eigenvalue weighted by molar-refractivity contribution is 5.69. The summed E-state index contributed by atoms with van der Waals surface area (Å²) in [6.07, 6.45) is 6.40. The number of nitrogens with one attached hydrogen (secondary N) is 1. The Morgan fingerprint density at radius 1 is 1.39 bits per heavy atom. The van der Waals surface area contributed by atoms with Crippen LogP contribution in [-0.4, -0.2) is 22.7 Å². The Hall–Kier alpha value is -2.32. The summed E-state index contributed by atoms with van der Waals surface area (Å²) in [6.45, 7) is 2.00. The fourth-order valence-electron chi connectivity index (χ4n) is 3.13. The molecule has 0 bridgehead atoms. The Bertz CT molecular complexity index is 713. The molecule has 1 atom stereocenters. The highest BCUT2D eigenvalue weighted by Gasteiger charge is 2.24. The van der Waals surface area contributed by atoms with Crippen molar-refractivity contribution in [1.82, 2.24) is 4.98 Å². The molecule has 1 aliphatic rings. The highest BCUT2D eigenvalue weighted by Crippen LogP contribution is 2.35. The number of pyridine rings is 1. The van der Waals surface area contributed by atoms with Crippen LogP contribution in [0.1, 0.15) is 42.9 Å². The lowest BCUT2D eigenvalue weighted by molar-refractivity contribution is 0.271. The molecule has 0 spiro atoms. The van der Waals surface area contributed by atoms with Crippen LogP contribution >= 0.6 is 0 Å². The molecule has 1 unspecified atom stereocenters. The average molecular weight is 311 g/mol. The molecule has 0 saturated heterocycles. The van der Waals surface area contributed by atoms with Crippen LogP contribution in [0.3, 0.4) is 0 Å². The molecule has 3 rings (SSSR count). The Morgan fingerprint density at radius 2 is 2.17 bits per heavy atom. The van der Waals surface area contributed by atoms with Gasteiger partial charge in [0.05, 0.1) is 24.5 Å². The number of aromatic nitrogens is 1. The van der Waals surface area contributed by atoms with Crippen molar-refractivity contribution in [3.8, 4) is 17.5 Å². The van der Waals surface area contributed by atoms with Gasteiger partial charge in [0.2, 0.25) is 0 Å². The minimum Gasteiger partial charge on any atom is -0.463 e. The zero-order valence-corrected chi connectivity index (χ0v) is 13.3. The number of aliphatic hydroxyl groups excluding tert-OH is 1. The maximum absolute atomic E-state index is 9.64. The van der Waals surface area contributed by atoms with Gasteiger partial charge in [0.25, 0.3) is 0 Å². The number of aliphatic hydroxyl groups is 1. The van der Waals surface area contributed by atoms with E-state index in [4.69, 9.17) is 9.40 Å². The second kappa shape index (κ2) is 6.84. The first kappa shape index (κ1) is 15.6. The Kier molecular flexibility index (Phi) is 4.63. The summed E-state index contributed by atoms with van der Waals surface area (Å²) < 4.78 is 5.55. The molecule has 0 radical (unpaired) electrons. The molecular weight excluding hydrogens is 290 g/mol. The molecule has 2 heterocycles. The van der Waals surface area contributed by atoms with Crippen LogP contribution < -0.4 is 5.32 Å². The number of fused-ring (bicyclic) bond motifs is 1. The minimum atomic E-state index is -0.110. The van der Waals surface area contributed by atoms with Crippen LogP contribution in [0.25, 0.3) is 11.5 Å². The van der Waals surface area contributed by atoms with Gasteiger partial charge >= 0.3 is 0 Å². The van der Waals surface area contributed by atoms with E-state index in [-0.39, 0.29) is 12.6 Å². The van der Waals surface area contributed by atoms with E-state index in [9.17, 15) is 10.4 Å². The lowest BCUT2D eigenvalue weighted by atomic mass is 9.87. The zero-order valence-electron chi connectivity index (χ0n) is 13.3. The van der Waals surface area contributed by atoms with Gasteiger partial charge in [-0.3, -0.25) is 0 Å². The van der Waals surface area contributed by atoms with E-state index in [1.165, 1.54) is 0 Å². The SMILES string of the molecule is CCC(CO)Nc1nc(-c2ccco2)c2c(c1C#N)CCCC2. The fourth-order valence-corrected chi connectivity index (χ4v) is 3.13. The number of nitriles is 1. The quantitative estimate of drug-likeness (QED) is 0.885. The molecule has 0 amide bonds. The molecule has 2 aromatic rings. The smallest absolute Gasteiger partial charge is 0.152 e. The molecule has 0 aliphatic heterocycles. The first-order chi connectivity index (χ1) is 11.3. The van der Waals surface area contributed by atoms with Crippen molar-refractivity contribution < 1.29 is 9.52 Å². The number of rotatable bonds is 5. The summed E-state index contributed by atoms with van der Waals surface area (Å²) in [6, 6.07) is 5.95. The predicted octanol–water partition coefficient (Wildman–Crippen LogP) is 3.27. The van der Waals surface area contributed by atoms with Gasteiger partial charge in [-0.25, -0.2) is 4.98 Å². The molecule has 120 valence electrons. The normalized spacial score (nSPS) is 14.8. The third-order valence-corrected chi connectivity index (χ3v) is 4.44. The monoisotopic (exact) mass is 311 g/mol. The summed E-state index contributed by atoms with van der Waals surface area (Å²) in [5.41, 5.74) is 3.64. The molecule has 1 aliphatic carbocycles. The summed E-state index contributed by atoms with van der Waals surface area (Å²) in [5, 5.41) is 22.3. The van der Waals surface area contributed by atoms with Gasteiger partial charge < -0.3 is 14.8 Å². The number of nitrogens with zero attached hydrogens (tertiary/aromatic N) is 2. The largest absolute Gasteiger partial charge is 0.463 e. The second-order valence-corrected chi connectivity index (χ2v) is 5.87. The first-order valence-electron chi connectivity index (χ1n) is 8.15. The molecule has 0 fully saturated rings. The summed E-state index contributed by atoms with van der Waals surface area (Å²) in [5.74, 6) is 1.29. The summed E-state index contributed by atoms with van der Waals surface area (Å²) >= 11 is 0. The van der Waals surface area contributed by atoms with Gasteiger partial charge in [0.15, 0.2) is 5.76 Å². The second-order valence-electron chi connectivity index (χ2n) is 5.87. The van der Waals surface area contributed by atoms with Crippen molar-refractivity contribution in [2.24, 2.45) is 0 Å². The fraction of sp³-hybridized carbons (Fsp3) is 0.444. The van der Waals surface area contributed by atoms with Crippen LogP contribution in [0, 0.1) is 11.3 Å². The Balaban J connectivity index is 2.15. The zero-order chi connectivity index (χ0) is 16.2. The Morgan fingerprint density at radius 3 is 2.78 bits per heavy atom. The standard InChI is InChI=1S/C18H21N3O2/c1-2-12(11-22)20-18-15(10-19)13-6-3-4-7-14(13)17(21-18)16-8-5-9-23-16/h5,8-9,12,22H,2-4,6-7,11H2,1H3,(H,20,21). The van der Waals surface area contributed by atoms with Crippen molar-refractivity contribution in [2.45, 2.75) is 45.1 Å². The van der Waals surface area contributed by atoms with Crippen LogP contribution in [0.15, 0.2) is 22.8 Å². The third kappa shape index (κ3) is 2.95. The molecule has 2 N–H and O–H groups in total. The minimum absolute atomic E-state index is 0.0101. The van der Waals surface area contributed by atoms with Crippen LogP contribution in [0.4, 0.5) is 5.82 Å². The molecular formula is C18H21N3O2. The van der Waals surface area contributed by atoms with Crippen LogP contribution in [0.2, 0.25) is 0 Å². The first-order valence-corrected chi connectivity index (χ1v) is 8.15. The molecule has 5 heteroatoms. The summed E-state index contributed by atoms with van der Waals surface area (Å²) in [7, 11) is 0. The lowest BCUT2D eigenvalue weighted by Crippen LogP contribution is -2.25. The van der Waals surface area contributed by atoms with Gasteiger partial charge in [0.1, 0.15) is 17.6 Å². The average Bonchev–Trinajstić information content (AvgIpc) is 3.13. The topological polar surface area (TPSA) is 82.1 Å². The maximum atomic E-state index is 9.64. The van der Waals surface area contributed by atoms with E-state index in [0.717, 1.165) is 54.7 Å². The number of hydrogen-bond acceptors (Lipinski definition) is 5. The van der Waals surface area contributed by atoms with Gasteiger partial charge in [-0.2, -0.15) is 5.26 Å². The van der Waals surface area contributed by atoms with Crippen molar-refractivity contribution in [3.05, 3.63) is 35.1 Å². The van der Waals surface area contributed by atoms with E-state index in [0.29, 0.717) is 11.4 Å². The van der Waals surface area contributed by atoms with E-state index in [1.54, 1.807) is 6.26 Å². The summed E-state index contributed by atoms with van der Waals surface area (Å²) in [4.78, 5) is 4.70. The van der Waals surface area contributed by atoms with E-state index < -0.39 is 0 Å². The van der Waals surface area contributed by atoms with Gasteiger partial charge in [0, 0.05) is 0 Å². The van der Waals surface area contributed by atoms with E-state index >= 15 is 0 Å². The molecule has 2 aromatic heterocycles. The number of furan rings is 1. The van der Waals surface area contributed by atoms with Crippen molar-refractivity contribution in [3.63, 3.8) is 0 Å². The van der Waals surface area contributed by atoms with E-state index in [1.807, 2.05) is 19.1 Å². The van der Waals surface area contributed by atoms with Crippen LogP contribution in [-0.2, 0) is 12.8 Å². The lowest BCUT2D eigenvalue weighted by Gasteiger charge is -2.23. The van der Waals surface area contributed by atoms with Gasteiger partial charge in [-0.1, -0.05) is 6.92 Å². The molecule has 0 saturated carbocycles. The third-order valence-electron chi connectivity index (χ3n) is 4.44. The molecule has 0 aromatic carbocycles. The Labute approximate surface area is 136 Å². The van der Waals surface area contributed by atoms with Crippen LogP contribution in [0.5, 0.6) is 0 Å². The van der Waals surface area contributed by atoms with Crippen molar-refractivity contribution in [2.75, 3.05) is 11.9 Å². The van der Waals surface area contributed by atoms with Crippen molar-refractivity contribution in [1.29, 1.82) is 5.26 Å². The highest BCUT2D eigenvalue weighted by atomic mass is 16.3. The maximum Gasteiger partial charge on any atom is 0.152 e. The van der Waals surface area contributed by atoms with Gasteiger partial charge in [-0.15, -0.1) is 0 Å². The molecule has 23 heavy (non-hydrogen) atoms. The van der Waals surface area contributed by atoms with Gasteiger partial charge in [-0.05, 0) is 55.4 Å². The number of hydrogen-bond donors (Lipinski definition) is 2. The van der Waals surface area contributed by atoms with E-state index in [2.05, 4.69) is 11.4 Å². The van der Waals surface area contributed by atoms with Crippen molar-refractivity contribution >= 4 is 5.82 Å². The predicted molar refractivity (Wildman–Crippen MR) is 88.1 cm³/mol. The number of anilines is 1. The molecule has 5 nitrogen and oxygen atoms in total.